The summed E-state index contributed by atoms with van der Waals surface area (Å²) in [6, 6.07) is 121. The molecule has 0 amide bonds. The number of hydrogen-bond donors (Lipinski definition) is 0. The minimum atomic E-state index is -0.378. The molecule has 3 aromatic heterocycles. The molecule has 0 unspecified atom stereocenters. The number of benzene rings is 15. The van der Waals surface area contributed by atoms with E-state index in [0.29, 0.717) is 0 Å². The maximum Gasteiger partial charge on any atom is 0.252 e. The van der Waals surface area contributed by atoms with Crippen molar-refractivity contribution in [3.63, 3.8) is 0 Å². The summed E-state index contributed by atoms with van der Waals surface area (Å²) in [5.41, 5.74) is 38.2. The van der Waals surface area contributed by atoms with Gasteiger partial charge in [0.25, 0.3) is 6.71 Å². The van der Waals surface area contributed by atoms with Gasteiger partial charge in [-0.2, -0.15) is 0 Å². The number of hydrogen-bond acceptors (Lipinski definition) is 2. The molecule has 0 saturated heterocycles. The highest BCUT2D eigenvalue weighted by atomic mass is 15.2. The van der Waals surface area contributed by atoms with Crippen LogP contribution in [0.5, 0.6) is 0 Å². The molecule has 15 aromatic carbocycles. The predicted octanol–water partition coefficient (Wildman–Crippen LogP) is 30.8. The fourth-order valence-electron chi connectivity index (χ4n) is 20.1. The summed E-state index contributed by atoms with van der Waals surface area (Å²) in [6.45, 7) is 49.0. The van der Waals surface area contributed by atoms with E-state index in [1.54, 1.807) is 0 Å². The highest BCUT2D eigenvalue weighted by Crippen LogP contribution is 2.56. The van der Waals surface area contributed by atoms with Crippen LogP contribution in [-0.2, 0) is 37.9 Å². The van der Waals surface area contributed by atoms with Crippen molar-refractivity contribution in [2.75, 3.05) is 9.80 Å². The van der Waals surface area contributed by atoms with E-state index in [0.717, 1.165) is 107 Å². The van der Waals surface area contributed by atoms with Crippen molar-refractivity contribution in [2.24, 2.45) is 0 Å². The van der Waals surface area contributed by atoms with Crippen molar-refractivity contribution in [3.8, 4) is 61.6 Å². The van der Waals surface area contributed by atoms with Crippen LogP contribution in [0.2, 0.25) is 0 Å². The fourth-order valence-corrected chi connectivity index (χ4v) is 20.1. The molecule has 0 saturated carbocycles. The Morgan fingerprint density at radius 2 is 0.508 bits per heavy atom. The van der Waals surface area contributed by atoms with Crippen LogP contribution in [0, 0.1) is 0 Å². The second-order valence-electron chi connectivity index (χ2n) is 42.7. The second-order valence-corrected chi connectivity index (χ2v) is 42.7. The van der Waals surface area contributed by atoms with Gasteiger partial charge in [0.1, 0.15) is 0 Å². The third-order valence-corrected chi connectivity index (χ3v) is 27.2. The molecule has 0 fully saturated rings. The lowest BCUT2D eigenvalue weighted by atomic mass is 9.33. The maximum atomic E-state index is 2.77. The lowest BCUT2D eigenvalue weighted by Crippen LogP contribution is -2.61. The van der Waals surface area contributed by atoms with Gasteiger partial charge in [0.05, 0.1) is 44.5 Å². The van der Waals surface area contributed by atoms with E-state index in [2.05, 4.69) is 478 Å². The average molecular weight is 1610 g/mol. The molecular formula is C118H114BN5. The standard InChI is InChI=1S/C118H114BN5/c1-112(2,3)77-49-41-73(42-50-77)87-35-29-36-88(74-43-51-78(52-44-74)113(4,5)6)108(87)123-103-71-85(120-101-65-57-81(116(13,14)15)67-95(101)96-68-82(117(16,17)18)58-66-102(96)120)59-63-97(103)119-98-64-60-86(122-100-40-28-26-34-92(100)94-62-61-93-91-33-25-27-39-99(91)121(110(93)111(94)122)84-31-23-22-24-32-84)72-104(98)124(106-70-83(118(19,20)21)69-105(123)107(106)119)109-89(75-45-53-79(54-46-75)114(7,8)9)37-30-38-90(109)76-47-55-80(56-48-76)115(10,11)12/h22-72H,1-21H3. The van der Waals surface area contributed by atoms with Crippen LogP contribution >= 0.6 is 0 Å². The smallest absolute Gasteiger partial charge is 0.252 e. The van der Waals surface area contributed by atoms with Crippen LogP contribution in [0.15, 0.2) is 309 Å². The number of anilines is 6. The molecular weight excluding hydrogens is 1500 g/mol. The van der Waals surface area contributed by atoms with E-state index in [4.69, 9.17) is 0 Å². The van der Waals surface area contributed by atoms with Crippen molar-refractivity contribution in [1.29, 1.82) is 0 Å². The van der Waals surface area contributed by atoms with Gasteiger partial charge in [-0.05, 0) is 200 Å². The molecule has 2 aliphatic rings. The van der Waals surface area contributed by atoms with Crippen molar-refractivity contribution >= 4 is 123 Å². The first kappa shape index (κ1) is 79.8. The maximum absolute atomic E-state index is 2.77. The Kier molecular flexibility index (Phi) is 18.3. The summed E-state index contributed by atoms with van der Waals surface area (Å²) in [5.74, 6) is 0. The average Bonchev–Trinajstić information content (AvgIpc) is 1.00. The summed E-state index contributed by atoms with van der Waals surface area (Å²) in [6.07, 6.45) is 0. The number of fused-ring (bicyclic) bond motifs is 14. The van der Waals surface area contributed by atoms with Crippen LogP contribution in [0.3, 0.4) is 0 Å². The third-order valence-electron chi connectivity index (χ3n) is 27.2. The molecule has 0 atom stereocenters. The van der Waals surface area contributed by atoms with Gasteiger partial charge in [0.2, 0.25) is 0 Å². The topological polar surface area (TPSA) is 21.3 Å². The van der Waals surface area contributed by atoms with Gasteiger partial charge in [0, 0.05) is 94.4 Å². The van der Waals surface area contributed by atoms with Gasteiger partial charge < -0.3 is 23.5 Å². The van der Waals surface area contributed by atoms with E-state index in [-0.39, 0.29) is 44.6 Å². The Morgan fingerprint density at radius 1 is 0.202 bits per heavy atom. The molecule has 0 aliphatic carbocycles. The molecule has 2 aliphatic heterocycles. The Morgan fingerprint density at radius 3 is 0.855 bits per heavy atom. The van der Waals surface area contributed by atoms with Gasteiger partial charge in [-0.1, -0.05) is 370 Å². The zero-order valence-electron chi connectivity index (χ0n) is 76.3. The Balaban J connectivity index is 0.964. The summed E-state index contributed by atoms with van der Waals surface area (Å²) >= 11 is 0. The Hall–Kier alpha value is -12.6. The molecule has 5 heterocycles. The van der Waals surface area contributed by atoms with Crippen molar-refractivity contribution in [3.05, 3.63) is 348 Å². The monoisotopic (exact) mass is 1610 g/mol. The van der Waals surface area contributed by atoms with E-state index in [1.165, 1.54) is 110 Å². The minimum absolute atomic E-state index is 0.0655. The first-order valence-electron chi connectivity index (χ1n) is 44.8. The van der Waals surface area contributed by atoms with Crippen LogP contribution in [0.1, 0.15) is 184 Å². The van der Waals surface area contributed by atoms with Crippen molar-refractivity contribution in [2.45, 2.75) is 183 Å². The lowest BCUT2D eigenvalue weighted by molar-refractivity contribution is 0.590. The van der Waals surface area contributed by atoms with Crippen LogP contribution in [0.4, 0.5) is 34.1 Å². The molecule has 124 heavy (non-hydrogen) atoms. The predicted molar refractivity (Wildman–Crippen MR) is 536 cm³/mol. The normalized spacial score (nSPS) is 13.5. The molecule has 5 nitrogen and oxygen atoms in total. The molecule has 6 heteroatoms. The largest absolute Gasteiger partial charge is 0.310 e. The highest BCUT2D eigenvalue weighted by Gasteiger charge is 2.47. The fraction of sp³-hybridized carbons (Fsp3) is 0.237. The first-order valence-corrected chi connectivity index (χ1v) is 44.8. The number of nitrogens with zero attached hydrogens (tertiary/aromatic N) is 5. The quantitative estimate of drug-likeness (QED) is 0.134. The Bertz CT molecular complexity index is 7110. The van der Waals surface area contributed by atoms with Gasteiger partial charge in [-0.3, -0.25) is 0 Å². The summed E-state index contributed by atoms with van der Waals surface area (Å²) < 4.78 is 7.72. The number of rotatable bonds is 9. The van der Waals surface area contributed by atoms with Crippen LogP contribution < -0.4 is 26.2 Å². The molecule has 0 bridgehead atoms. The second kappa shape index (κ2) is 28.5. The number of aromatic nitrogens is 3. The van der Waals surface area contributed by atoms with Gasteiger partial charge in [-0.15, -0.1) is 0 Å². The van der Waals surface area contributed by atoms with E-state index in [1.807, 2.05) is 0 Å². The van der Waals surface area contributed by atoms with Crippen LogP contribution in [0.25, 0.3) is 127 Å². The molecule has 0 N–H and O–H groups in total. The molecule has 0 spiro atoms. The summed E-state index contributed by atoms with van der Waals surface area (Å²) in [7, 11) is 0. The lowest BCUT2D eigenvalue weighted by Gasteiger charge is -2.46. The molecule has 0 radical (unpaired) electrons. The van der Waals surface area contributed by atoms with Gasteiger partial charge in [0.15, 0.2) is 0 Å². The zero-order chi connectivity index (χ0) is 86.5. The Labute approximate surface area is 734 Å². The highest BCUT2D eigenvalue weighted by molar-refractivity contribution is 7.00. The van der Waals surface area contributed by atoms with E-state index in [9.17, 15) is 0 Å². The third kappa shape index (κ3) is 13.2. The first-order chi connectivity index (χ1) is 58.9. The zero-order valence-corrected chi connectivity index (χ0v) is 76.3. The van der Waals surface area contributed by atoms with Crippen LogP contribution in [-0.4, -0.2) is 20.4 Å². The SMILES string of the molecule is CC(C)(C)c1ccc(-c2cccc(-c3ccc(C(C)(C)C)cc3)c2N2c3cc(-n4c5ccc(C(C)(C)C)cc5c5cc(C(C)(C)C)ccc54)ccc3B3c4ccc(-n5c6ccccc6c6ccc7c8ccccc8n(-c8ccccc8)c7c65)cc4N(c4c(-c5ccc(C(C)(C)C)cc5)cccc4-c4ccc(C(C)(C)C)cc4)c4cc(C(C)(C)C)cc2c43)cc1. The summed E-state index contributed by atoms with van der Waals surface area (Å²) in [5, 5.41) is 7.35. The molecule has 18 aromatic rings. The van der Waals surface area contributed by atoms with Crippen molar-refractivity contribution < 1.29 is 0 Å². The summed E-state index contributed by atoms with van der Waals surface area (Å²) in [4.78, 5) is 5.53. The van der Waals surface area contributed by atoms with Gasteiger partial charge >= 0.3 is 0 Å². The van der Waals surface area contributed by atoms with Crippen molar-refractivity contribution in [1.82, 2.24) is 13.7 Å². The van der Waals surface area contributed by atoms with E-state index >= 15 is 0 Å². The number of para-hydroxylation sites is 5. The molecule has 20 rings (SSSR count). The molecule has 614 valence electrons. The van der Waals surface area contributed by atoms with Gasteiger partial charge in [-0.25, -0.2) is 0 Å². The van der Waals surface area contributed by atoms with E-state index < -0.39 is 0 Å². The minimum Gasteiger partial charge on any atom is -0.310 e.